The van der Waals surface area contributed by atoms with E-state index < -0.39 is 5.60 Å². The summed E-state index contributed by atoms with van der Waals surface area (Å²) < 4.78 is 11.2. The fourth-order valence-electron chi connectivity index (χ4n) is 4.32. The van der Waals surface area contributed by atoms with Crippen LogP contribution in [-0.4, -0.2) is 23.3 Å². The lowest BCUT2D eigenvalue weighted by molar-refractivity contribution is -0.160. The van der Waals surface area contributed by atoms with E-state index in [0.717, 1.165) is 12.8 Å². The van der Waals surface area contributed by atoms with Crippen molar-refractivity contribution in [2.75, 3.05) is 6.61 Å². The minimum atomic E-state index is -0.989. The molecule has 0 spiro atoms. The summed E-state index contributed by atoms with van der Waals surface area (Å²) in [4.78, 5) is 12.3. The molecule has 1 aliphatic rings. The van der Waals surface area contributed by atoms with Gasteiger partial charge in [0.2, 0.25) is 5.60 Å². The summed E-state index contributed by atoms with van der Waals surface area (Å²) in [5.41, 5.74) is 1.47. The van der Waals surface area contributed by atoms with Crippen LogP contribution in [0.3, 0.4) is 0 Å². The third-order valence-electron chi connectivity index (χ3n) is 6.26. The Kier molecular flexibility index (Phi) is 6.51. The van der Waals surface area contributed by atoms with Gasteiger partial charge in [0.05, 0.1) is 6.61 Å². The van der Waals surface area contributed by atoms with Crippen LogP contribution >= 0.6 is 0 Å². The third-order valence-corrected chi connectivity index (χ3v) is 6.26. The zero-order valence-corrected chi connectivity index (χ0v) is 17.7. The maximum absolute atomic E-state index is 12.3. The summed E-state index contributed by atoms with van der Waals surface area (Å²) in [5.74, 6) is 0.628. The van der Waals surface area contributed by atoms with Crippen molar-refractivity contribution in [3.63, 3.8) is 0 Å². The molecule has 0 aromatic heterocycles. The van der Waals surface area contributed by atoms with E-state index in [1.807, 2.05) is 31.2 Å². The number of hydrogen-bond donors (Lipinski definition) is 1. The van der Waals surface area contributed by atoms with E-state index in [-0.39, 0.29) is 11.4 Å². The Bertz CT molecular complexity index is 804. The molecule has 0 aliphatic heterocycles. The summed E-state index contributed by atoms with van der Waals surface area (Å²) in [7, 11) is 0. The summed E-state index contributed by atoms with van der Waals surface area (Å²) in [6.07, 6.45) is 6.35. The number of rotatable bonds is 7. The van der Waals surface area contributed by atoms with E-state index in [0.29, 0.717) is 24.5 Å². The van der Waals surface area contributed by atoms with Gasteiger partial charge in [-0.3, -0.25) is 0 Å². The molecule has 4 heteroatoms. The number of carbonyl (C=O) groups is 1. The molecule has 3 rings (SSSR count). The highest BCUT2D eigenvalue weighted by Crippen LogP contribution is 2.45. The number of hydrogen-bond acceptors (Lipinski definition) is 4. The fourth-order valence-corrected chi connectivity index (χ4v) is 4.32. The molecule has 1 fully saturated rings. The molecule has 4 nitrogen and oxygen atoms in total. The molecule has 0 heterocycles. The van der Waals surface area contributed by atoms with Crippen molar-refractivity contribution in [3.05, 3.63) is 59.7 Å². The molecule has 1 saturated carbocycles. The van der Waals surface area contributed by atoms with Crippen molar-refractivity contribution in [3.8, 4) is 11.5 Å². The van der Waals surface area contributed by atoms with E-state index in [1.54, 1.807) is 26.0 Å². The van der Waals surface area contributed by atoms with E-state index in [4.69, 9.17) is 9.47 Å². The first kappa shape index (κ1) is 21.2. The van der Waals surface area contributed by atoms with Gasteiger partial charge in [-0.2, -0.15) is 0 Å². The first-order valence-corrected chi connectivity index (χ1v) is 10.7. The van der Waals surface area contributed by atoms with Gasteiger partial charge in [0.1, 0.15) is 11.5 Å². The predicted molar refractivity (Wildman–Crippen MR) is 114 cm³/mol. The van der Waals surface area contributed by atoms with Gasteiger partial charge in [0.15, 0.2) is 0 Å². The Morgan fingerprint density at radius 1 is 0.966 bits per heavy atom. The molecule has 1 N–H and O–H groups in total. The lowest BCUT2D eigenvalue weighted by Gasteiger charge is -2.39. The second kappa shape index (κ2) is 8.89. The molecule has 1 aliphatic carbocycles. The molecule has 2 aromatic rings. The molecule has 1 atom stereocenters. The maximum atomic E-state index is 12.3. The van der Waals surface area contributed by atoms with Gasteiger partial charge < -0.3 is 14.6 Å². The van der Waals surface area contributed by atoms with Crippen LogP contribution in [0.4, 0.5) is 0 Å². The highest BCUT2D eigenvalue weighted by molar-refractivity contribution is 5.79. The van der Waals surface area contributed by atoms with Crippen LogP contribution in [0.15, 0.2) is 48.5 Å². The van der Waals surface area contributed by atoms with E-state index in [9.17, 15) is 9.90 Å². The third kappa shape index (κ3) is 4.42. The molecule has 0 amide bonds. The molecule has 2 aromatic carbocycles. The quantitative estimate of drug-likeness (QED) is 0.605. The summed E-state index contributed by atoms with van der Waals surface area (Å²) >= 11 is 0. The van der Waals surface area contributed by atoms with Crippen molar-refractivity contribution in [2.24, 2.45) is 0 Å². The highest BCUT2D eigenvalue weighted by atomic mass is 16.6. The molecule has 0 radical (unpaired) electrons. The molecule has 29 heavy (non-hydrogen) atoms. The summed E-state index contributed by atoms with van der Waals surface area (Å²) in [5, 5.41) is 9.71. The normalized spacial score (nSPS) is 17.9. The van der Waals surface area contributed by atoms with Crippen LogP contribution in [0.1, 0.15) is 70.4 Å². The molecule has 0 saturated heterocycles. The predicted octanol–water partition coefficient (Wildman–Crippen LogP) is 5.75. The van der Waals surface area contributed by atoms with Crippen molar-refractivity contribution >= 4 is 5.97 Å². The van der Waals surface area contributed by atoms with Crippen LogP contribution in [0.5, 0.6) is 11.5 Å². The van der Waals surface area contributed by atoms with Crippen molar-refractivity contribution in [1.29, 1.82) is 0 Å². The van der Waals surface area contributed by atoms with Gasteiger partial charge in [-0.1, -0.05) is 50.5 Å². The molecule has 0 bridgehead atoms. The van der Waals surface area contributed by atoms with Gasteiger partial charge >= 0.3 is 5.97 Å². The topological polar surface area (TPSA) is 55.8 Å². The first-order chi connectivity index (χ1) is 13.9. The Morgan fingerprint density at radius 3 is 2.03 bits per heavy atom. The van der Waals surface area contributed by atoms with Gasteiger partial charge in [0, 0.05) is 5.41 Å². The zero-order chi connectivity index (χ0) is 20.9. The van der Waals surface area contributed by atoms with Crippen LogP contribution < -0.4 is 4.74 Å². The fraction of sp³-hybridized carbons (Fsp3) is 0.480. The average molecular weight is 397 g/mol. The average Bonchev–Trinajstić information content (AvgIpc) is 2.75. The molecular formula is C25H32O4. The van der Waals surface area contributed by atoms with Gasteiger partial charge in [0.25, 0.3) is 0 Å². The standard InChI is InChI=1S/C25H32O4/c1-4-24(3,23(27)28-5-2)29-22-15-11-20(12-16-22)25(17-7-6-8-18-25)19-9-13-21(26)14-10-19/h9-16,26H,4-8,17-18H2,1-3H3. The second-order valence-corrected chi connectivity index (χ2v) is 8.12. The van der Waals surface area contributed by atoms with Gasteiger partial charge in [-0.05, 0) is 68.5 Å². The largest absolute Gasteiger partial charge is 0.508 e. The minimum Gasteiger partial charge on any atom is -0.508 e. The van der Waals surface area contributed by atoms with Crippen LogP contribution in [-0.2, 0) is 14.9 Å². The van der Waals surface area contributed by atoms with Crippen LogP contribution in [0.25, 0.3) is 0 Å². The number of carbonyl (C=O) groups excluding carboxylic acids is 1. The molecule has 1 unspecified atom stereocenters. The Balaban J connectivity index is 1.88. The van der Waals surface area contributed by atoms with Crippen molar-refractivity contribution in [2.45, 2.75) is 70.3 Å². The number of esters is 1. The number of phenols is 1. The Labute approximate surface area is 173 Å². The van der Waals surface area contributed by atoms with Crippen molar-refractivity contribution < 1.29 is 19.4 Å². The first-order valence-electron chi connectivity index (χ1n) is 10.7. The molecular weight excluding hydrogens is 364 g/mol. The number of phenolic OH excluding ortho intramolecular Hbond substituents is 1. The Morgan fingerprint density at radius 2 is 1.52 bits per heavy atom. The smallest absolute Gasteiger partial charge is 0.350 e. The maximum Gasteiger partial charge on any atom is 0.350 e. The molecule has 156 valence electrons. The number of ether oxygens (including phenoxy) is 2. The van der Waals surface area contributed by atoms with Gasteiger partial charge in [-0.15, -0.1) is 0 Å². The van der Waals surface area contributed by atoms with E-state index >= 15 is 0 Å². The van der Waals surface area contributed by atoms with E-state index in [2.05, 4.69) is 12.1 Å². The monoisotopic (exact) mass is 396 g/mol. The SMILES string of the molecule is CCOC(=O)C(C)(CC)Oc1ccc(C2(c3ccc(O)cc3)CCCCC2)cc1. The lowest BCUT2D eigenvalue weighted by atomic mass is 9.65. The lowest BCUT2D eigenvalue weighted by Crippen LogP contribution is -2.42. The number of aromatic hydroxyl groups is 1. The highest BCUT2D eigenvalue weighted by Gasteiger charge is 2.37. The number of benzene rings is 2. The Hall–Kier alpha value is -2.49. The van der Waals surface area contributed by atoms with Crippen molar-refractivity contribution in [1.82, 2.24) is 0 Å². The minimum absolute atomic E-state index is 0.0420. The van der Waals surface area contributed by atoms with E-state index in [1.165, 1.54) is 30.4 Å². The van der Waals surface area contributed by atoms with Crippen LogP contribution in [0.2, 0.25) is 0 Å². The van der Waals surface area contributed by atoms with Gasteiger partial charge in [-0.25, -0.2) is 4.79 Å². The zero-order valence-electron chi connectivity index (χ0n) is 17.7. The summed E-state index contributed by atoms with van der Waals surface area (Å²) in [6.45, 7) is 5.84. The van der Waals surface area contributed by atoms with Crippen LogP contribution in [0, 0.1) is 0 Å². The second-order valence-electron chi connectivity index (χ2n) is 8.12. The summed E-state index contributed by atoms with van der Waals surface area (Å²) in [6, 6.07) is 15.8.